The fourth-order valence-corrected chi connectivity index (χ4v) is 1.90. The second-order valence-electron chi connectivity index (χ2n) is 4.33. The van der Waals surface area contributed by atoms with E-state index in [1.165, 1.54) is 0 Å². The van der Waals surface area contributed by atoms with Crippen LogP contribution < -0.4 is 5.73 Å². The Morgan fingerprint density at radius 3 is 2.72 bits per heavy atom. The van der Waals surface area contributed by atoms with E-state index >= 15 is 0 Å². The standard InChI is InChI=1S/C14H13N3O/c1-8-4-3-5-10(12(8)15)14-17-13-11(18-14)7-6-9(2)16-13/h3-7H,15H2,1-2H3. The SMILES string of the molecule is Cc1ccc2oc(-c3cccc(C)c3N)nc2n1. The van der Waals surface area contributed by atoms with Gasteiger partial charge in [-0.1, -0.05) is 12.1 Å². The number of nitrogen functional groups attached to an aromatic ring is 1. The van der Waals surface area contributed by atoms with Gasteiger partial charge in [-0.2, -0.15) is 4.98 Å². The number of nitrogens with zero attached hydrogens (tertiary/aromatic N) is 2. The van der Waals surface area contributed by atoms with Crippen LogP contribution in [-0.2, 0) is 0 Å². The van der Waals surface area contributed by atoms with Gasteiger partial charge in [0.05, 0.1) is 5.56 Å². The van der Waals surface area contributed by atoms with Crippen molar-refractivity contribution in [3.05, 3.63) is 41.6 Å². The van der Waals surface area contributed by atoms with E-state index < -0.39 is 0 Å². The number of hydrogen-bond donors (Lipinski definition) is 1. The molecule has 0 aliphatic carbocycles. The molecule has 0 aliphatic rings. The Kier molecular flexibility index (Phi) is 2.30. The van der Waals surface area contributed by atoms with Gasteiger partial charge in [-0.3, -0.25) is 0 Å². The lowest BCUT2D eigenvalue weighted by Crippen LogP contribution is -1.93. The van der Waals surface area contributed by atoms with Gasteiger partial charge in [0, 0.05) is 11.4 Å². The Bertz CT molecular complexity index is 731. The molecule has 2 heterocycles. The third kappa shape index (κ3) is 1.62. The highest BCUT2D eigenvalue weighted by atomic mass is 16.3. The molecule has 0 fully saturated rings. The highest BCUT2D eigenvalue weighted by Gasteiger charge is 2.12. The van der Waals surface area contributed by atoms with E-state index in [9.17, 15) is 0 Å². The number of nitrogens with two attached hydrogens (primary N) is 1. The summed E-state index contributed by atoms with van der Waals surface area (Å²) in [5.74, 6) is 0.518. The minimum absolute atomic E-state index is 0.518. The number of benzene rings is 1. The first-order valence-electron chi connectivity index (χ1n) is 5.75. The summed E-state index contributed by atoms with van der Waals surface area (Å²) < 4.78 is 5.69. The quantitative estimate of drug-likeness (QED) is 0.663. The van der Waals surface area contributed by atoms with Gasteiger partial charge in [0.1, 0.15) is 0 Å². The molecule has 0 bridgehead atoms. The first-order valence-corrected chi connectivity index (χ1v) is 5.75. The molecular formula is C14H13N3O. The number of hydrogen-bond acceptors (Lipinski definition) is 4. The molecule has 0 radical (unpaired) electrons. The molecule has 0 unspecified atom stereocenters. The summed E-state index contributed by atoms with van der Waals surface area (Å²) in [5.41, 5.74) is 10.8. The molecule has 0 aliphatic heterocycles. The van der Waals surface area contributed by atoms with E-state index in [1.807, 2.05) is 44.2 Å². The minimum Gasteiger partial charge on any atom is -0.434 e. The van der Waals surface area contributed by atoms with E-state index in [4.69, 9.17) is 10.2 Å². The average molecular weight is 239 g/mol. The third-order valence-corrected chi connectivity index (χ3v) is 2.95. The van der Waals surface area contributed by atoms with Crippen molar-refractivity contribution in [2.24, 2.45) is 0 Å². The van der Waals surface area contributed by atoms with Crippen molar-refractivity contribution in [2.75, 3.05) is 5.73 Å². The zero-order valence-corrected chi connectivity index (χ0v) is 10.3. The molecule has 1 aromatic carbocycles. The summed E-state index contributed by atoms with van der Waals surface area (Å²) in [5, 5.41) is 0. The van der Waals surface area contributed by atoms with Crippen LogP contribution >= 0.6 is 0 Å². The van der Waals surface area contributed by atoms with E-state index in [1.54, 1.807) is 0 Å². The van der Waals surface area contributed by atoms with Gasteiger partial charge in [-0.25, -0.2) is 4.98 Å². The summed E-state index contributed by atoms with van der Waals surface area (Å²) in [4.78, 5) is 8.72. The molecule has 4 heteroatoms. The van der Waals surface area contributed by atoms with E-state index in [-0.39, 0.29) is 0 Å². The number of rotatable bonds is 1. The first-order chi connectivity index (χ1) is 8.65. The van der Waals surface area contributed by atoms with Gasteiger partial charge in [-0.15, -0.1) is 0 Å². The van der Waals surface area contributed by atoms with Gasteiger partial charge in [0.2, 0.25) is 5.89 Å². The van der Waals surface area contributed by atoms with Gasteiger partial charge < -0.3 is 10.2 Å². The number of aromatic nitrogens is 2. The Labute approximate surface area is 104 Å². The van der Waals surface area contributed by atoms with Crippen molar-refractivity contribution < 1.29 is 4.42 Å². The Morgan fingerprint density at radius 2 is 1.89 bits per heavy atom. The zero-order valence-electron chi connectivity index (χ0n) is 10.3. The molecule has 4 nitrogen and oxygen atoms in total. The number of fused-ring (bicyclic) bond motifs is 1. The van der Waals surface area contributed by atoms with Crippen molar-refractivity contribution >= 4 is 16.9 Å². The molecule has 2 N–H and O–H groups in total. The lowest BCUT2D eigenvalue weighted by Gasteiger charge is -2.03. The fourth-order valence-electron chi connectivity index (χ4n) is 1.90. The molecule has 3 rings (SSSR count). The predicted octanol–water partition coefficient (Wildman–Crippen LogP) is 3.09. The first kappa shape index (κ1) is 10.8. The average Bonchev–Trinajstić information content (AvgIpc) is 2.75. The molecule has 2 aromatic heterocycles. The largest absolute Gasteiger partial charge is 0.434 e. The van der Waals surface area contributed by atoms with Crippen LogP contribution in [0.2, 0.25) is 0 Å². The summed E-state index contributed by atoms with van der Waals surface area (Å²) in [6, 6.07) is 9.58. The molecule has 0 atom stereocenters. The number of pyridine rings is 1. The van der Waals surface area contributed by atoms with E-state index in [0.717, 1.165) is 16.8 Å². The van der Waals surface area contributed by atoms with Crippen LogP contribution in [-0.4, -0.2) is 9.97 Å². The fraction of sp³-hybridized carbons (Fsp3) is 0.143. The monoisotopic (exact) mass is 239 g/mol. The second kappa shape index (κ2) is 3.84. The van der Waals surface area contributed by atoms with Crippen LogP contribution in [0.5, 0.6) is 0 Å². The molecule has 90 valence electrons. The Balaban J connectivity index is 2.22. The van der Waals surface area contributed by atoms with Crippen molar-refractivity contribution in [3.8, 4) is 11.5 Å². The molecule has 0 saturated carbocycles. The molecule has 18 heavy (non-hydrogen) atoms. The number of para-hydroxylation sites is 1. The minimum atomic E-state index is 0.518. The molecule has 3 aromatic rings. The molecule has 0 amide bonds. The smallest absolute Gasteiger partial charge is 0.230 e. The summed E-state index contributed by atoms with van der Waals surface area (Å²) in [6.07, 6.45) is 0. The Morgan fingerprint density at radius 1 is 1.06 bits per heavy atom. The van der Waals surface area contributed by atoms with Crippen molar-refractivity contribution in [2.45, 2.75) is 13.8 Å². The highest BCUT2D eigenvalue weighted by Crippen LogP contribution is 2.29. The lowest BCUT2D eigenvalue weighted by atomic mass is 10.1. The van der Waals surface area contributed by atoms with Crippen LogP contribution in [0, 0.1) is 13.8 Å². The second-order valence-corrected chi connectivity index (χ2v) is 4.33. The van der Waals surface area contributed by atoms with Crippen LogP contribution in [0.15, 0.2) is 34.7 Å². The number of oxazole rings is 1. The van der Waals surface area contributed by atoms with Crippen molar-refractivity contribution in [1.29, 1.82) is 0 Å². The summed E-state index contributed by atoms with van der Waals surface area (Å²) in [7, 11) is 0. The normalized spacial score (nSPS) is 11.0. The maximum atomic E-state index is 6.05. The third-order valence-electron chi connectivity index (χ3n) is 2.95. The van der Waals surface area contributed by atoms with Crippen LogP contribution in [0.3, 0.4) is 0 Å². The van der Waals surface area contributed by atoms with Gasteiger partial charge in [0.15, 0.2) is 11.2 Å². The van der Waals surface area contributed by atoms with Crippen LogP contribution in [0.1, 0.15) is 11.3 Å². The number of anilines is 1. The number of aryl methyl sites for hydroxylation is 2. The van der Waals surface area contributed by atoms with Gasteiger partial charge in [0.25, 0.3) is 0 Å². The Hall–Kier alpha value is -2.36. The summed E-state index contributed by atoms with van der Waals surface area (Å²) in [6.45, 7) is 3.89. The molecule has 0 saturated heterocycles. The van der Waals surface area contributed by atoms with E-state index in [2.05, 4.69) is 9.97 Å². The maximum Gasteiger partial charge on any atom is 0.230 e. The molecular weight excluding hydrogens is 226 g/mol. The van der Waals surface area contributed by atoms with Crippen LogP contribution in [0.25, 0.3) is 22.7 Å². The topological polar surface area (TPSA) is 64.9 Å². The van der Waals surface area contributed by atoms with Crippen molar-refractivity contribution in [1.82, 2.24) is 9.97 Å². The predicted molar refractivity (Wildman–Crippen MR) is 71.1 cm³/mol. The van der Waals surface area contributed by atoms with Crippen molar-refractivity contribution in [3.63, 3.8) is 0 Å². The summed E-state index contributed by atoms with van der Waals surface area (Å²) >= 11 is 0. The lowest BCUT2D eigenvalue weighted by molar-refractivity contribution is 0.620. The maximum absolute atomic E-state index is 6.05. The van der Waals surface area contributed by atoms with E-state index in [0.29, 0.717) is 22.8 Å². The van der Waals surface area contributed by atoms with Gasteiger partial charge >= 0.3 is 0 Å². The van der Waals surface area contributed by atoms with Crippen LogP contribution in [0.4, 0.5) is 5.69 Å². The molecule has 0 spiro atoms. The van der Waals surface area contributed by atoms with Gasteiger partial charge in [-0.05, 0) is 37.6 Å². The highest BCUT2D eigenvalue weighted by molar-refractivity contribution is 5.78. The zero-order chi connectivity index (χ0) is 12.7.